The first kappa shape index (κ1) is 26.8. The molecule has 35 heavy (non-hydrogen) atoms. The van der Waals surface area contributed by atoms with Crippen molar-refractivity contribution >= 4 is 18.1 Å². The maximum atomic E-state index is 11.8. The summed E-state index contributed by atoms with van der Waals surface area (Å²) in [6, 6.07) is 15.0. The number of hydrogen-bond donors (Lipinski definition) is 1. The zero-order chi connectivity index (χ0) is 25.3. The first-order chi connectivity index (χ1) is 16.8. The molecule has 1 amide bonds. The molecule has 0 radical (unpaired) electrons. The lowest BCUT2D eigenvalue weighted by molar-refractivity contribution is 0.108. The van der Waals surface area contributed by atoms with E-state index in [1.807, 2.05) is 25.4 Å². The van der Waals surface area contributed by atoms with Crippen LogP contribution in [0, 0.1) is 0 Å². The van der Waals surface area contributed by atoms with Crippen LogP contribution >= 0.6 is 12.0 Å². The number of imidazole rings is 1. The van der Waals surface area contributed by atoms with Gasteiger partial charge in [0.2, 0.25) is 0 Å². The molecule has 1 heterocycles. The second-order valence-electron chi connectivity index (χ2n) is 9.66. The number of aromatic nitrogens is 2. The molecule has 0 spiro atoms. The predicted octanol–water partition coefficient (Wildman–Crippen LogP) is 7.31. The summed E-state index contributed by atoms with van der Waals surface area (Å²) in [5.74, 6) is 1.07. The molecule has 1 N–H and O–H groups in total. The van der Waals surface area contributed by atoms with Crippen molar-refractivity contribution in [1.29, 1.82) is 0 Å². The predicted molar refractivity (Wildman–Crippen MR) is 142 cm³/mol. The van der Waals surface area contributed by atoms with Gasteiger partial charge in [-0.2, -0.15) is 9.76 Å². The number of amides is 1. The minimum absolute atomic E-state index is 0.00819. The quantitative estimate of drug-likeness (QED) is 0.172. The normalized spacial score (nSPS) is 11.5. The van der Waals surface area contributed by atoms with Crippen LogP contribution < -0.4 is 5.48 Å². The van der Waals surface area contributed by atoms with E-state index in [4.69, 9.17) is 9.02 Å². The van der Waals surface area contributed by atoms with Crippen LogP contribution in [0.25, 0.3) is 11.1 Å². The number of benzene rings is 2. The first-order valence-electron chi connectivity index (χ1n) is 12.3. The third-order valence-electron chi connectivity index (χ3n) is 5.57. The Labute approximate surface area is 213 Å². The van der Waals surface area contributed by atoms with E-state index >= 15 is 0 Å². The molecule has 0 unspecified atom stereocenters. The highest BCUT2D eigenvalue weighted by molar-refractivity contribution is 7.94. The monoisotopic (exact) mass is 495 g/mol. The molecule has 0 aliphatic carbocycles. The highest BCUT2D eigenvalue weighted by Crippen LogP contribution is 2.33. The van der Waals surface area contributed by atoms with Gasteiger partial charge in [0.05, 0.1) is 18.6 Å². The number of ether oxygens (including phenoxy) is 1. The van der Waals surface area contributed by atoms with E-state index in [9.17, 15) is 4.79 Å². The van der Waals surface area contributed by atoms with Crippen LogP contribution in [0.2, 0.25) is 0 Å². The molecule has 0 saturated heterocycles. The van der Waals surface area contributed by atoms with Gasteiger partial charge in [-0.3, -0.25) is 0 Å². The van der Waals surface area contributed by atoms with E-state index in [2.05, 4.69) is 79.1 Å². The van der Waals surface area contributed by atoms with Gasteiger partial charge < -0.3 is 9.30 Å². The summed E-state index contributed by atoms with van der Waals surface area (Å²) in [7, 11) is 0. The molecular formula is C28H37N3O3S. The van der Waals surface area contributed by atoms with Gasteiger partial charge in [-0.05, 0) is 47.2 Å². The Morgan fingerprint density at radius 1 is 1.06 bits per heavy atom. The molecule has 0 bridgehead atoms. The fourth-order valence-electron chi connectivity index (χ4n) is 3.83. The molecule has 1 aromatic heterocycles. The van der Waals surface area contributed by atoms with Crippen LogP contribution in [0.3, 0.4) is 0 Å². The Morgan fingerprint density at radius 2 is 1.80 bits per heavy atom. The zero-order valence-corrected chi connectivity index (χ0v) is 22.3. The third-order valence-corrected chi connectivity index (χ3v) is 6.28. The van der Waals surface area contributed by atoms with E-state index in [-0.39, 0.29) is 5.41 Å². The minimum Gasteiger partial charge on any atom is -0.448 e. The molecule has 7 heteroatoms. The molecule has 0 atom stereocenters. The van der Waals surface area contributed by atoms with Crippen LogP contribution in [-0.2, 0) is 27.4 Å². The number of nitrogens with zero attached hydrogens (tertiary/aromatic N) is 2. The Morgan fingerprint density at radius 3 is 2.49 bits per heavy atom. The van der Waals surface area contributed by atoms with Crippen molar-refractivity contribution in [2.45, 2.75) is 77.2 Å². The summed E-state index contributed by atoms with van der Waals surface area (Å²) in [6.07, 6.45) is 7.21. The number of carbonyl (C=O) groups is 1. The highest BCUT2D eigenvalue weighted by Gasteiger charge is 2.19. The molecular weight excluding hydrogens is 458 g/mol. The topological polar surface area (TPSA) is 65.4 Å². The summed E-state index contributed by atoms with van der Waals surface area (Å²) in [5, 5.41) is 0. The summed E-state index contributed by atoms with van der Waals surface area (Å²) in [6.45, 7) is 11.9. The number of rotatable bonds is 11. The molecule has 2 aromatic carbocycles. The van der Waals surface area contributed by atoms with Crippen LogP contribution in [0.5, 0.6) is 0 Å². The van der Waals surface area contributed by atoms with Gasteiger partial charge in [0.1, 0.15) is 5.82 Å². The minimum atomic E-state index is -0.575. The molecule has 0 saturated carbocycles. The largest absolute Gasteiger partial charge is 0.448 e. The van der Waals surface area contributed by atoms with E-state index < -0.39 is 6.09 Å². The Bertz CT molecular complexity index is 1090. The van der Waals surface area contributed by atoms with Crippen molar-refractivity contribution in [3.8, 4) is 11.1 Å². The van der Waals surface area contributed by atoms with Crippen molar-refractivity contribution in [3.63, 3.8) is 0 Å². The van der Waals surface area contributed by atoms with Gasteiger partial charge in [0.15, 0.2) is 0 Å². The summed E-state index contributed by atoms with van der Waals surface area (Å²) in [4.78, 5) is 17.3. The van der Waals surface area contributed by atoms with Crippen LogP contribution in [-0.4, -0.2) is 22.3 Å². The summed E-state index contributed by atoms with van der Waals surface area (Å²) < 4.78 is 12.7. The Balaban J connectivity index is 1.74. The van der Waals surface area contributed by atoms with Gasteiger partial charge >= 0.3 is 6.09 Å². The molecule has 0 aliphatic rings. The first-order valence-corrected chi connectivity index (χ1v) is 13.1. The number of hydrogen-bond acceptors (Lipinski definition) is 5. The fraction of sp³-hybridized carbons (Fsp3) is 0.429. The SMILES string of the molecule is CCCCOC(=O)NOSc1ccc(CCC)cc1-c1ccc(Cn2ccnc2C(C)(C)C)cc1. The number of nitrogens with one attached hydrogen (secondary N) is 1. The lowest BCUT2D eigenvalue weighted by atomic mass is 9.95. The smallest absolute Gasteiger partial charge is 0.432 e. The zero-order valence-electron chi connectivity index (χ0n) is 21.5. The lowest BCUT2D eigenvalue weighted by Gasteiger charge is -2.20. The summed E-state index contributed by atoms with van der Waals surface area (Å²) >= 11 is 1.12. The maximum Gasteiger partial charge on any atom is 0.432 e. The van der Waals surface area contributed by atoms with Gasteiger partial charge in [-0.25, -0.2) is 9.78 Å². The van der Waals surface area contributed by atoms with Crippen molar-refractivity contribution in [1.82, 2.24) is 15.0 Å². The van der Waals surface area contributed by atoms with Crippen LogP contribution in [0.1, 0.15) is 70.8 Å². The van der Waals surface area contributed by atoms with E-state index in [1.54, 1.807) is 0 Å². The second-order valence-corrected chi connectivity index (χ2v) is 10.4. The van der Waals surface area contributed by atoms with Crippen LogP contribution in [0.15, 0.2) is 59.8 Å². The van der Waals surface area contributed by atoms with Gasteiger partial charge in [0.25, 0.3) is 0 Å². The van der Waals surface area contributed by atoms with E-state index in [0.717, 1.165) is 66.1 Å². The molecule has 188 valence electrons. The van der Waals surface area contributed by atoms with Gasteiger partial charge in [-0.1, -0.05) is 77.8 Å². The highest BCUT2D eigenvalue weighted by atomic mass is 32.2. The Hall–Kier alpha value is -2.77. The van der Waals surface area contributed by atoms with Crippen molar-refractivity contribution in [3.05, 3.63) is 71.8 Å². The third kappa shape index (κ3) is 7.87. The number of aryl methyl sites for hydroxylation is 1. The number of hydroxylamine groups is 1. The number of unbranched alkanes of at least 4 members (excludes halogenated alkanes) is 1. The van der Waals surface area contributed by atoms with Gasteiger partial charge in [0, 0.05) is 29.2 Å². The van der Waals surface area contributed by atoms with Crippen molar-refractivity contribution in [2.75, 3.05) is 6.61 Å². The number of carbonyl (C=O) groups excluding carboxylic acids is 1. The molecule has 0 aliphatic heterocycles. The average Bonchev–Trinajstić information content (AvgIpc) is 3.30. The Kier molecular flexibility index (Phi) is 9.81. The average molecular weight is 496 g/mol. The van der Waals surface area contributed by atoms with Crippen molar-refractivity contribution < 1.29 is 13.8 Å². The van der Waals surface area contributed by atoms with E-state index in [1.165, 1.54) is 11.1 Å². The summed E-state index contributed by atoms with van der Waals surface area (Å²) in [5.41, 5.74) is 7.01. The lowest BCUT2D eigenvalue weighted by Crippen LogP contribution is -2.22. The fourth-order valence-corrected chi connectivity index (χ4v) is 4.42. The molecule has 6 nitrogen and oxygen atoms in total. The molecule has 3 rings (SSSR count). The second kappa shape index (κ2) is 12.8. The van der Waals surface area contributed by atoms with E-state index in [0.29, 0.717) is 6.61 Å². The molecule has 3 aromatic rings. The van der Waals surface area contributed by atoms with Crippen molar-refractivity contribution in [2.24, 2.45) is 0 Å². The standard InChI is InChI=1S/C28H37N3O3S/c1-6-8-18-33-27(32)30-34-35-25-15-12-21(9-7-2)19-24(25)23-13-10-22(11-14-23)20-31-17-16-29-26(31)28(3,4)5/h10-17,19H,6-9,18,20H2,1-5H3,(H,30,32). The van der Waals surface area contributed by atoms with Crippen LogP contribution in [0.4, 0.5) is 4.79 Å². The molecule has 0 fully saturated rings. The van der Waals surface area contributed by atoms with Gasteiger partial charge in [-0.15, -0.1) is 0 Å². The maximum absolute atomic E-state index is 11.8.